The van der Waals surface area contributed by atoms with Gasteiger partial charge >= 0.3 is 12.0 Å². The summed E-state index contributed by atoms with van der Waals surface area (Å²) < 4.78 is 5.27. The summed E-state index contributed by atoms with van der Waals surface area (Å²) in [5.41, 5.74) is 2.41. The van der Waals surface area contributed by atoms with Gasteiger partial charge in [-0.05, 0) is 35.4 Å². The fourth-order valence-electron chi connectivity index (χ4n) is 2.96. The number of benzene rings is 2. The van der Waals surface area contributed by atoms with Crippen LogP contribution in [0.4, 0.5) is 4.79 Å². The van der Waals surface area contributed by atoms with Crippen molar-refractivity contribution >= 4 is 17.9 Å². The summed E-state index contributed by atoms with van der Waals surface area (Å²) in [6, 6.07) is 13.1. The number of carboxylic acid groups (broad SMARTS) is 1. The lowest BCUT2D eigenvalue weighted by molar-refractivity contribution is 0.0303. The van der Waals surface area contributed by atoms with Crippen LogP contribution < -0.4 is 10.6 Å². The first kappa shape index (κ1) is 20.3. The molecule has 3 rings (SSSR count). The van der Waals surface area contributed by atoms with Gasteiger partial charge in [-0.2, -0.15) is 0 Å². The molecule has 3 N–H and O–H groups in total. The van der Waals surface area contributed by atoms with E-state index in [-0.39, 0.29) is 30.6 Å². The van der Waals surface area contributed by atoms with Crippen LogP contribution in [0.1, 0.15) is 31.8 Å². The highest BCUT2D eigenvalue weighted by atomic mass is 16.5. The molecule has 8 heteroatoms. The van der Waals surface area contributed by atoms with Crippen LogP contribution >= 0.6 is 0 Å². The Kier molecular flexibility index (Phi) is 6.80. The number of carboxylic acids is 1. The molecule has 1 aliphatic heterocycles. The van der Waals surface area contributed by atoms with Crippen molar-refractivity contribution in [3.63, 3.8) is 0 Å². The Labute approximate surface area is 168 Å². The lowest BCUT2D eigenvalue weighted by atomic mass is 10.1. The minimum Gasteiger partial charge on any atom is -0.478 e. The topological polar surface area (TPSA) is 108 Å². The maximum absolute atomic E-state index is 12.5. The highest BCUT2D eigenvalue weighted by Gasteiger charge is 2.18. The maximum Gasteiger partial charge on any atom is 0.335 e. The number of morpholine rings is 1. The van der Waals surface area contributed by atoms with E-state index in [0.717, 1.165) is 11.1 Å². The van der Waals surface area contributed by atoms with Gasteiger partial charge in [0.15, 0.2) is 0 Å². The molecule has 0 aliphatic carbocycles. The third-order valence-corrected chi connectivity index (χ3v) is 4.58. The molecule has 0 unspecified atom stereocenters. The molecular weight excluding hydrogens is 374 g/mol. The van der Waals surface area contributed by atoms with E-state index < -0.39 is 5.97 Å². The van der Waals surface area contributed by atoms with E-state index in [2.05, 4.69) is 10.6 Å². The molecule has 8 nitrogen and oxygen atoms in total. The number of ether oxygens (including phenoxy) is 1. The number of hydrogen-bond donors (Lipinski definition) is 3. The second-order valence-electron chi connectivity index (χ2n) is 6.64. The highest BCUT2D eigenvalue weighted by molar-refractivity contribution is 5.94. The van der Waals surface area contributed by atoms with E-state index in [4.69, 9.17) is 9.84 Å². The monoisotopic (exact) mass is 397 g/mol. The smallest absolute Gasteiger partial charge is 0.335 e. The zero-order chi connectivity index (χ0) is 20.6. The molecule has 1 fully saturated rings. The van der Waals surface area contributed by atoms with Crippen molar-refractivity contribution < 1.29 is 24.2 Å². The molecule has 1 aliphatic rings. The van der Waals surface area contributed by atoms with Crippen LogP contribution in [0.25, 0.3) is 0 Å². The van der Waals surface area contributed by atoms with Gasteiger partial charge in [0, 0.05) is 31.7 Å². The first-order valence-corrected chi connectivity index (χ1v) is 9.33. The van der Waals surface area contributed by atoms with Crippen molar-refractivity contribution in [1.82, 2.24) is 15.5 Å². The van der Waals surface area contributed by atoms with E-state index in [1.165, 1.54) is 12.1 Å². The first-order valence-electron chi connectivity index (χ1n) is 9.33. The number of rotatable bonds is 6. The Morgan fingerprint density at radius 2 is 1.55 bits per heavy atom. The van der Waals surface area contributed by atoms with E-state index >= 15 is 0 Å². The number of carbonyl (C=O) groups excluding carboxylic acids is 2. The normalized spacial score (nSPS) is 13.6. The largest absolute Gasteiger partial charge is 0.478 e. The molecule has 0 spiro atoms. The fraction of sp³-hybridized carbons (Fsp3) is 0.286. The Bertz CT molecular complexity index is 876. The van der Waals surface area contributed by atoms with Crippen LogP contribution in [0, 0.1) is 0 Å². The molecule has 152 valence electrons. The van der Waals surface area contributed by atoms with Crippen molar-refractivity contribution in [2.24, 2.45) is 0 Å². The Hall–Kier alpha value is -3.39. The second kappa shape index (κ2) is 9.70. The number of urea groups is 1. The zero-order valence-electron chi connectivity index (χ0n) is 15.9. The third kappa shape index (κ3) is 5.79. The zero-order valence-corrected chi connectivity index (χ0v) is 15.9. The van der Waals surface area contributed by atoms with E-state index in [1.807, 2.05) is 6.07 Å². The molecule has 29 heavy (non-hydrogen) atoms. The number of amides is 3. The Morgan fingerprint density at radius 3 is 2.21 bits per heavy atom. The van der Waals surface area contributed by atoms with Crippen LogP contribution in [0.15, 0.2) is 48.5 Å². The minimum absolute atomic E-state index is 0.0376. The molecular formula is C21H23N3O5. The summed E-state index contributed by atoms with van der Waals surface area (Å²) >= 11 is 0. The third-order valence-electron chi connectivity index (χ3n) is 4.58. The Morgan fingerprint density at radius 1 is 0.897 bits per heavy atom. The van der Waals surface area contributed by atoms with Gasteiger partial charge in [0.25, 0.3) is 5.91 Å². The van der Waals surface area contributed by atoms with Crippen LogP contribution in [0.2, 0.25) is 0 Å². The van der Waals surface area contributed by atoms with Crippen LogP contribution in [0.5, 0.6) is 0 Å². The molecule has 2 aromatic carbocycles. The molecule has 1 saturated heterocycles. The van der Waals surface area contributed by atoms with Crippen molar-refractivity contribution in [3.05, 3.63) is 70.8 Å². The summed E-state index contributed by atoms with van der Waals surface area (Å²) in [7, 11) is 0. The highest BCUT2D eigenvalue weighted by Crippen LogP contribution is 2.10. The van der Waals surface area contributed by atoms with Gasteiger partial charge in [-0.15, -0.1) is 0 Å². The minimum atomic E-state index is -0.989. The first-order chi connectivity index (χ1) is 14.0. The molecule has 3 amide bonds. The predicted octanol–water partition coefficient (Wildman–Crippen LogP) is 1.86. The van der Waals surface area contributed by atoms with Crippen molar-refractivity contribution in [2.75, 3.05) is 26.3 Å². The van der Waals surface area contributed by atoms with Crippen molar-refractivity contribution in [1.29, 1.82) is 0 Å². The molecule has 0 bridgehead atoms. The second-order valence-corrected chi connectivity index (χ2v) is 6.64. The van der Waals surface area contributed by atoms with Crippen molar-refractivity contribution in [2.45, 2.75) is 13.1 Å². The number of carbonyl (C=O) groups is 3. The van der Waals surface area contributed by atoms with Crippen LogP contribution in [-0.2, 0) is 17.8 Å². The van der Waals surface area contributed by atoms with Gasteiger partial charge < -0.3 is 25.4 Å². The lowest BCUT2D eigenvalue weighted by Crippen LogP contribution is -2.40. The number of nitrogens with zero attached hydrogens (tertiary/aromatic N) is 1. The summed E-state index contributed by atoms with van der Waals surface area (Å²) in [6.07, 6.45) is 0. The van der Waals surface area contributed by atoms with Crippen molar-refractivity contribution in [3.8, 4) is 0 Å². The van der Waals surface area contributed by atoms with Gasteiger partial charge in [0.05, 0.1) is 18.8 Å². The average molecular weight is 397 g/mol. The standard InChI is InChI=1S/C21H23N3O5/c25-19(24-8-10-29-11-9-24)18-3-1-2-16(12-18)14-23-21(28)22-13-15-4-6-17(7-5-15)20(26)27/h1-7,12H,8-11,13-14H2,(H,26,27)(H2,22,23,28). The summed E-state index contributed by atoms with van der Waals surface area (Å²) in [4.78, 5) is 37.2. The summed E-state index contributed by atoms with van der Waals surface area (Å²) in [5, 5.41) is 14.4. The van der Waals surface area contributed by atoms with E-state index in [0.29, 0.717) is 31.9 Å². The maximum atomic E-state index is 12.5. The van der Waals surface area contributed by atoms with Gasteiger partial charge in [-0.1, -0.05) is 24.3 Å². The average Bonchev–Trinajstić information content (AvgIpc) is 2.77. The number of aromatic carboxylic acids is 1. The quantitative estimate of drug-likeness (QED) is 0.690. The van der Waals surface area contributed by atoms with Gasteiger partial charge in [-0.25, -0.2) is 9.59 Å². The molecule has 0 aromatic heterocycles. The fourth-order valence-corrected chi connectivity index (χ4v) is 2.96. The molecule has 1 heterocycles. The van der Waals surface area contributed by atoms with Gasteiger partial charge in [0.1, 0.15) is 0 Å². The number of nitrogens with one attached hydrogen (secondary N) is 2. The molecule has 2 aromatic rings. The van der Waals surface area contributed by atoms with Gasteiger partial charge in [-0.3, -0.25) is 4.79 Å². The molecule has 0 atom stereocenters. The Balaban J connectivity index is 1.48. The van der Waals surface area contributed by atoms with E-state index in [1.54, 1.807) is 35.2 Å². The van der Waals surface area contributed by atoms with Crippen LogP contribution in [-0.4, -0.2) is 54.2 Å². The SMILES string of the molecule is O=C(NCc1ccc(C(=O)O)cc1)NCc1cccc(C(=O)N2CCOCC2)c1. The predicted molar refractivity (Wildman–Crippen MR) is 106 cm³/mol. The van der Waals surface area contributed by atoms with Crippen LogP contribution in [0.3, 0.4) is 0 Å². The molecule has 0 saturated carbocycles. The summed E-state index contributed by atoms with van der Waals surface area (Å²) in [5.74, 6) is -1.03. The molecule has 0 radical (unpaired) electrons. The van der Waals surface area contributed by atoms with Gasteiger partial charge in [0.2, 0.25) is 0 Å². The lowest BCUT2D eigenvalue weighted by Gasteiger charge is -2.27. The van der Waals surface area contributed by atoms with E-state index in [9.17, 15) is 14.4 Å². The summed E-state index contributed by atoms with van der Waals surface area (Å²) in [6.45, 7) is 2.82. The number of hydrogen-bond acceptors (Lipinski definition) is 4.